The maximum atomic E-state index is 7.98. The molecule has 3 nitrogen and oxygen atoms in total. The Hall–Kier alpha value is -1.51. The number of hydrogen-bond acceptors (Lipinski definition) is 2. The molecule has 0 aliphatic heterocycles. The molecule has 0 saturated carbocycles. The maximum Gasteiger partial charge on any atom is 0.216 e. The van der Waals surface area contributed by atoms with Crippen LogP contribution in [0.4, 0.5) is 5.69 Å². The molecule has 0 atom stereocenters. The zero-order valence-corrected chi connectivity index (χ0v) is 5.28. The Bertz CT molecular complexity index is 208. The van der Waals surface area contributed by atoms with Gasteiger partial charge >= 0.3 is 0 Å². The third-order valence-corrected chi connectivity index (χ3v) is 1.02. The number of nitrogens with one attached hydrogen (secondary N) is 1. The van der Waals surface area contributed by atoms with E-state index in [1.54, 1.807) is 0 Å². The van der Waals surface area contributed by atoms with Gasteiger partial charge in [-0.3, -0.25) is 0 Å². The van der Waals surface area contributed by atoms with E-state index in [0.29, 0.717) is 0 Å². The second-order valence-corrected chi connectivity index (χ2v) is 1.70. The van der Waals surface area contributed by atoms with Gasteiger partial charge in [0.25, 0.3) is 0 Å². The van der Waals surface area contributed by atoms with E-state index in [0.717, 1.165) is 5.69 Å². The Morgan fingerprint density at radius 3 is 2.60 bits per heavy atom. The molecule has 0 spiro atoms. The monoisotopic (exact) mass is 135 g/mol. The van der Waals surface area contributed by atoms with E-state index in [2.05, 4.69) is 16.8 Å². The summed E-state index contributed by atoms with van der Waals surface area (Å²) < 4.78 is 0. The summed E-state index contributed by atoms with van der Waals surface area (Å²) in [4.78, 5) is 0. The second-order valence-electron chi connectivity index (χ2n) is 1.70. The molecule has 51 valence electrons. The molecular weight excluding hydrogens is 128 g/mol. The molecule has 0 unspecified atom stereocenters. The third-order valence-electron chi connectivity index (χ3n) is 1.02. The molecule has 3 heteroatoms. The summed E-state index contributed by atoms with van der Waals surface area (Å²) >= 11 is 0. The first-order valence-electron chi connectivity index (χ1n) is 2.83. The Kier molecular flexibility index (Phi) is 2.31. The highest BCUT2D eigenvalue weighted by molar-refractivity contribution is 5.74. The van der Waals surface area contributed by atoms with Crippen molar-refractivity contribution in [3.05, 3.63) is 30.3 Å². The fourth-order valence-electron chi connectivity index (χ4n) is 0.611. The molecule has 2 N–H and O–H groups in total. The SMILES string of the molecule is ON=[C]Nc1ccccc1. The average molecular weight is 135 g/mol. The van der Waals surface area contributed by atoms with E-state index in [9.17, 15) is 0 Å². The smallest absolute Gasteiger partial charge is 0.216 e. The van der Waals surface area contributed by atoms with Crippen LogP contribution >= 0.6 is 0 Å². The lowest BCUT2D eigenvalue weighted by atomic mass is 10.3. The van der Waals surface area contributed by atoms with Gasteiger partial charge in [-0.1, -0.05) is 23.4 Å². The molecular formula is C7H7N2O. The fourth-order valence-corrected chi connectivity index (χ4v) is 0.611. The zero-order chi connectivity index (χ0) is 7.23. The van der Waals surface area contributed by atoms with Gasteiger partial charge in [-0.25, -0.2) is 0 Å². The van der Waals surface area contributed by atoms with Gasteiger partial charge in [-0.15, -0.1) is 0 Å². The van der Waals surface area contributed by atoms with Gasteiger partial charge < -0.3 is 10.5 Å². The fraction of sp³-hybridized carbons (Fsp3) is 0. The van der Waals surface area contributed by atoms with E-state index < -0.39 is 0 Å². The minimum Gasteiger partial charge on any atom is -0.409 e. The minimum absolute atomic E-state index is 0.848. The van der Waals surface area contributed by atoms with Crippen LogP contribution in [-0.2, 0) is 0 Å². The molecule has 0 aliphatic carbocycles. The van der Waals surface area contributed by atoms with Crippen molar-refractivity contribution in [3.8, 4) is 0 Å². The topological polar surface area (TPSA) is 44.6 Å². The summed E-state index contributed by atoms with van der Waals surface area (Å²) in [5.74, 6) is 0. The van der Waals surface area contributed by atoms with Gasteiger partial charge in [-0.2, -0.15) is 0 Å². The molecule has 0 aliphatic rings. The summed E-state index contributed by atoms with van der Waals surface area (Å²) in [6, 6.07) is 9.35. The van der Waals surface area contributed by atoms with Crippen LogP contribution in [0.2, 0.25) is 0 Å². The maximum absolute atomic E-state index is 7.98. The van der Waals surface area contributed by atoms with Crippen molar-refractivity contribution in [3.63, 3.8) is 0 Å². The first-order chi connectivity index (χ1) is 4.93. The Balaban J connectivity index is 2.59. The van der Waals surface area contributed by atoms with Crippen LogP contribution in [0.1, 0.15) is 0 Å². The number of nitrogens with zero attached hydrogens (tertiary/aromatic N) is 1. The molecule has 0 heterocycles. The van der Waals surface area contributed by atoms with Crippen molar-refractivity contribution >= 4 is 12.0 Å². The molecule has 0 saturated heterocycles. The van der Waals surface area contributed by atoms with Gasteiger partial charge in [0, 0.05) is 5.69 Å². The molecule has 0 bridgehead atoms. The summed E-state index contributed by atoms with van der Waals surface area (Å²) in [5, 5.41) is 13.3. The molecule has 1 aromatic rings. The standard InChI is InChI=1S/C7H7N2O/c10-9-6-8-7-4-2-1-3-5-7/h1-5,10H,(H,8,9). The lowest BCUT2D eigenvalue weighted by molar-refractivity contribution is 0.321. The molecule has 1 radical (unpaired) electrons. The van der Waals surface area contributed by atoms with Crippen LogP contribution < -0.4 is 5.32 Å². The van der Waals surface area contributed by atoms with E-state index in [-0.39, 0.29) is 0 Å². The van der Waals surface area contributed by atoms with Crippen LogP contribution in [0, 0.1) is 0 Å². The number of hydrogen-bond donors (Lipinski definition) is 2. The van der Waals surface area contributed by atoms with E-state index in [4.69, 9.17) is 5.21 Å². The van der Waals surface area contributed by atoms with Crippen molar-refractivity contribution in [2.75, 3.05) is 5.32 Å². The van der Waals surface area contributed by atoms with Gasteiger partial charge in [0.05, 0.1) is 0 Å². The van der Waals surface area contributed by atoms with Crippen LogP contribution in [0.25, 0.3) is 0 Å². The number of para-hydroxylation sites is 1. The first-order valence-corrected chi connectivity index (χ1v) is 2.83. The van der Waals surface area contributed by atoms with E-state index in [1.165, 1.54) is 0 Å². The predicted molar refractivity (Wildman–Crippen MR) is 39.3 cm³/mol. The Morgan fingerprint density at radius 1 is 1.30 bits per heavy atom. The van der Waals surface area contributed by atoms with Crippen LogP contribution in [-0.4, -0.2) is 11.5 Å². The van der Waals surface area contributed by atoms with Crippen molar-refractivity contribution in [2.24, 2.45) is 5.16 Å². The average Bonchev–Trinajstić information content (AvgIpc) is 2.03. The van der Waals surface area contributed by atoms with Crippen molar-refractivity contribution < 1.29 is 5.21 Å². The molecule has 0 aromatic heterocycles. The van der Waals surface area contributed by atoms with Crippen LogP contribution in [0.15, 0.2) is 35.5 Å². The first kappa shape index (κ1) is 6.61. The van der Waals surface area contributed by atoms with Gasteiger partial charge in [-0.05, 0) is 12.1 Å². The van der Waals surface area contributed by atoms with Crippen LogP contribution in [0.3, 0.4) is 0 Å². The molecule has 1 aromatic carbocycles. The predicted octanol–water partition coefficient (Wildman–Crippen LogP) is 1.39. The van der Waals surface area contributed by atoms with Crippen molar-refractivity contribution in [1.29, 1.82) is 0 Å². The largest absolute Gasteiger partial charge is 0.409 e. The molecule has 0 fully saturated rings. The lowest BCUT2D eigenvalue weighted by Crippen LogP contribution is -1.92. The highest BCUT2D eigenvalue weighted by atomic mass is 16.4. The van der Waals surface area contributed by atoms with Gasteiger partial charge in [0.1, 0.15) is 0 Å². The summed E-state index contributed by atoms with van der Waals surface area (Å²) in [7, 11) is 0. The number of rotatable bonds is 2. The summed E-state index contributed by atoms with van der Waals surface area (Å²) in [5.41, 5.74) is 0.848. The Morgan fingerprint density at radius 2 is 2.00 bits per heavy atom. The summed E-state index contributed by atoms with van der Waals surface area (Å²) in [6.45, 7) is 0. The zero-order valence-electron chi connectivity index (χ0n) is 5.28. The van der Waals surface area contributed by atoms with Gasteiger partial charge in [0.15, 0.2) is 0 Å². The highest BCUT2D eigenvalue weighted by Gasteiger charge is 1.82. The number of benzene rings is 1. The minimum atomic E-state index is 0.848. The van der Waals surface area contributed by atoms with Crippen LogP contribution in [0.5, 0.6) is 0 Å². The van der Waals surface area contributed by atoms with E-state index in [1.807, 2.05) is 30.3 Å². The molecule has 10 heavy (non-hydrogen) atoms. The number of anilines is 1. The summed E-state index contributed by atoms with van der Waals surface area (Å²) in [6.07, 6.45) is 2.20. The third kappa shape index (κ3) is 1.78. The molecule has 1 rings (SSSR count). The van der Waals surface area contributed by atoms with Crippen molar-refractivity contribution in [2.45, 2.75) is 0 Å². The van der Waals surface area contributed by atoms with E-state index >= 15 is 0 Å². The quantitative estimate of drug-likeness (QED) is 0.211. The normalized spacial score (nSPS) is 10.0. The second kappa shape index (κ2) is 3.50. The molecule has 0 amide bonds. The van der Waals surface area contributed by atoms with Gasteiger partial charge in [0.2, 0.25) is 6.34 Å². The van der Waals surface area contributed by atoms with Crippen molar-refractivity contribution in [1.82, 2.24) is 0 Å². The lowest BCUT2D eigenvalue weighted by Gasteiger charge is -1.94. The highest BCUT2D eigenvalue weighted by Crippen LogP contribution is 2.02. The Labute approximate surface area is 59.0 Å².